The van der Waals surface area contributed by atoms with E-state index in [0.29, 0.717) is 16.4 Å². The summed E-state index contributed by atoms with van der Waals surface area (Å²) in [6, 6.07) is 9.24. The average Bonchev–Trinajstić information content (AvgIpc) is 3.12. The van der Waals surface area contributed by atoms with Gasteiger partial charge in [-0.15, -0.1) is 11.3 Å². The molecule has 27 heavy (non-hydrogen) atoms. The van der Waals surface area contributed by atoms with E-state index in [9.17, 15) is 14.0 Å². The Morgan fingerprint density at radius 2 is 2.11 bits per heavy atom. The second-order valence-electron chi connectivity index (χ2n) is 5.37. The fraction of sp³-hybridized carbons (Fsp3) is 0.111. The van der Waals surface area contributed by atoms with Gasteiger partial charge in [0, 0.05) is 17.3 Å². The monoisotopic (exact) mass is 405 g/mol. The molecule has 1 aromatic carbocycles. The average molecular weight is 406 g/mol. The van der Waals surface area contributed by atoms with E-state index in [1.807, 2.05) is 12.1 Å². The van der Waals surface area contributed by atoms with Crippen molar-refractivity contribution in [2.45, 2.75) is 6.42 Å². The molecular formula is C18H13ClFN3O3S. The number of esters is 1. The maximum Gasteiger partial charge on any atom is 0.312 e. The van der Waals surface area contributed by atoms with E-state index in [1.165, 1.54) is 23.5 Å². The van der Waals surface area contributed by atoms with Crippen molar-refractivity contribution in [1.29, 1.82) is 0 Å². The van der Waals surface area contributed by atoms with Crippen LogP contribution in [-0.2, 0) is 20.7 Å². The number of halogens is 2. The molecule has 0 aliphatic carbocycles. The molecule has 0 spiro atoms. The standard InChI is InChI=1S/C18H13ClFN3O3S/c19-13-7-11(4-5-14(13)20)22-16(24)9-26-17(25)8-12-10-27-18(23-12)15-3-1-2-6-21-15/h1-7,10H,8-9H2,(H,22,24). The number of thiazole rings is 1. The maximum atomic E-state index is 13.1. The molecule has 0 unspecified atom stereocenters. The van der Waals surface area contributed by atoms with Gasteiger partial charge in [-0.05, 0) is 30.3 Å². The zero-order valence-electron chi connectivity index (χ0n) is 13.8. The third-order valence-corrected chi connectivity index (χ3v) is 4.53. The highest BCUT2D eigenvalue weighted by Gasteiger charge is 2.13. The van der Waals surface area contributed by atoms with Crippen LogP contribution in [0.5, 0.6) is 0 Å². The Bertz CT molecular complexity index is 965. The van der Waals surface area contributed by atoms with Crippen molar-refractivity contribution < 1.29 is 18.7 Å². The summed E-state index contributed by atoms with van der Waals surface area (Å²) < 4.78 is 18.0. The first kappa shape index (κ1) is 18.9. The number of benzene rings is 1. The van der Waals surface area contributed by atoms with Crippen LogP contribution in [0.3, 0.4) is 0 Å². The minimum Gasteiger partial charge on any atom is -0.455 e. The van der Waals surface area contributed by atoms with Gasteiger partial charge in [0.05, 0.1) is 22.8 Å². The number of aromatic nitrogens is 2. The van der Waals surface area contributed by atoms with Crippen LogP contribution in [0, 0.1) is 5.82 Å². The molecule has 6 nitrogen and oxygen atoms in total. The van der Waals surface area contributed by atoms with Gasteiger partial charge in [0.25, 0.3) is 5.91 Å². The Kier molecular flexibility index (Phi) is 6.10. The fourth-order valence-electron chi connectivity index (χ4n) is 2.11. The summed E-state index contributed by atoms with van der Waals surface area (Å²) in [5, 5.41) is 4.79. The van der Waals surface area contributed by atoms with Gasteiger partial charge in [-0.25, -0.2) is 9.37 Å². The molecule has 3 aromatic rings. The van der Waals surface area contributed by atoms with Crippen LogP contribution in [0.2, 0.25) is 5.02 Å². The van der Waals surface area contributed by atoms with Gasteiger partial charge in [-0.3, -0.25) is 14.6 Å². The van der Waals surface area contributed by atoms with Crippen LogP contribution in [-0.4, -0.2) is 28.5 Å². The van der Waals surface area contributed by atoms with Crippen molar-refractivity contribution in [2.75, 3.05) is 11.9 Å². The molecule has 0 saturated heterocycles. The first-order valence-electron chi connectivity index (χ1n) is 7.77. The Labute approximate surface area is 163 Å². The molecule has 9 heteroatoms. The Morgan fingerprint density at radius 1 is 1.26 bits per heavy atom. The summed E-state index contributed by atoms with van der Waals surface area (Å²) in [5.41, 5.74) is 1.57. The summed E-state index contributed by atoms with van der Waals surface area (Å²) in [6.45, 7) is -0.467. The predicted octanol–water partition coefficient (Wildman–Crippen LogP) is 3.72. The topological polar surface area (TPSA) is 81.2 Å². The molecule has 3 rings (SSSR count). The molecule has 138 valence electrons. The van der Waals surface area contributed by atoms with Crippen LogP contribution >= 0.6 is 22.9 Å². The number of anilines is 1. The molecule has 0 saturated carbocycles. The lowest BCUT2D eigenvalue weighted by Gasteiger charge is -2.06. The molecule has 2 heterocycles. The van der Waals surface area contributed by atoms with E-state index in [-0.39, 0.29) is 11.4 Å². The minimum atomic E-state index is -0.588. The van der Waals surface area contributed by atoms with E-state index in [0.717, 1.165) is 11.8 Å². The van der Waals surface area contributed by atoms with Crippen LogP contribution in [0.1, 0.15) is 5.69 Å². The molecule has 0 fully saturated rings. The second-order valence-corrected chi connectivity index (χ2v) is 6.64. The lowest BCUT2D eigenvalue weighted by Crippen LogP contribution is -2.21. The van der Waals surface area contributed by atoms with E-state index in [2.05, 4.69) is 15.3 Å². The Balaban J connectivity index is 1.49. The fourth-order valence-corrected chi connectivity index (χ4v) is 3.09. The van der Waals surface area contributed by atoms with Crippen LogP contribution in [0.15, 0.2) is 48.0 Å². The third kappa shape index (κ3) is 5.32. The highest BCUT2D eigenvalue weighted by Crippen LogP contribution is 2.22. The molecule has 0 aliphatic heterocycles. The number of ether oxygens (including phenoxy) is 1. The first-order chi connectivity index (χ1) is 13.0. The van der Waals surface area contributed by atoms with Crippen molar-refractivity contribution in [1.82, 2.24) is 9.97 Å². The van der Waals surface area contributed by atoms with E-state index < -0.39 is 24.3 Å². The molecular weight excluding hydrogens is 393 g/mol. The molecule has 0 aliphatic rings. The van der Waals surface area contributed by atoms with Crippen LogP contribution in [0.4, 0.5) is 10.1 Å². The Hall–Kier alpha value is -2.84. The number of nitrogens with zero attached hydrogens (tertiary/aromatic N) is 2. The summed E-state index contributed by atoms with van der Waals surface area (Å²) in [7, 11) is 0. The van der Waals surface area contributed by atoms with Gasteiger partial charge in [-0.1, -0.05) is 17.7 Å². The van der Waals surface area contributed by atoms with E-state index in [4.69, 9.17) is 16.3 Å². The number of carbonyl (C=O) groups excluding carboxylic acids is 2. The van der Waals surface area contributed by atoms with Crippen molar-refractivity contribution in [2.24, 2.45) is 0 Å². The molecule has 1 N–H and O–H groups in total. The molecule has 0 radical (unpaired) electrons. The largest absolute Gasteiger partial charge is 0.455 e. The first-order valence-corrected chi connectivity index (χ1v) is 9.03. The quantitative estimate of drug-likeness (QED) is 0.632. The number of amides is 1. The number of carbonyl (C=O) groups is 2. The lowest BCUT2D eigenvalue weighted by atomic mass is 10.3. The maximum absolute atomic E-state index is 13.1. The highest BCUT2D eigenvalue weighted by molar-refractivity contribution is 7.13. The number of hydrogen-bond donors (Lipinski definition) is 1. The zero-order valence-corrected chi connectivity index (χ0v) is 15.4. The van der Waals surface area contributed by atoms with Crippen molar-refractivity contribution in [3.05, 3.63) is 64.5 Å². The van der Waals surface area contributed by atoms with Crippen molar-refractivity contribution in [3.63, 3.8) is 0 Å². The van der Waals surface area contributed by atoms with E-state index >= 15 is 0 Å². The van der Waals surface area contributed by atoms with E-state index in [1.54, 1.807) is 17.6 Å². The van der Waals surface area contributed by atoms with Crippen molar-refractivity contribution >= 4 is 40.5 Å². The molecule has 0 atom stereocenters. The SMILES string of the molecule is O=C(COC(=O)Cc1csc(-c2ccccn2)n1)Nc1ccc(F)c(Cl)c1. The predicted molar refractivity (Wildman–Crippen MR) is 100 cm³/mol. The Morgan fingerprint density at radius 3 is 2.85 bits per heavy atom. The van der Waals surface area contributed by atoms with Gasteiger partial charge in [0.1, 0.15) is 10.8 Å². The minimum absolute atomic E-state index is 0.0566. The summed E-state index contributed by atoms with van der Waals surface area (Å²) in [5.74, 6) is -1.73. The lowest BCUT2D eigenvalue weighted by molar-refractivity contribution is -0.146. The highest BCUT2D eigenvalue weighted by atomic mass is 35.5. The summed E-state index contributed by atoms with van der Waals surface area (Å²) >= 11 is 7.01. The summed E-state index contributed by atoms with van der Waals surface area (Å²) in [4.78, 5) is 32.2. The molecule has 2 aromatic heterocycles. The second kappa shape index (κ2) is 8.70. The zero-order chi connectivity index (χ0) is 19.2. The van der Waals surface area contributed by atoms with Gasteiger partial charge in [0.2, 0.25) is 0 Å². The van der Waals surface area contributed by atoms with Gasteiger partial charge in [-0.2, -0.15) is 0 Å². The number of pyridine rings is 1. The smallest absolute Gasteiger partial charge is 0.312 e. The van der Waals surface area contributed by atoms with Gasteiger partial charge in [0.15, 0.2) is 6.61 Å². The normalized spacial score (nSPS) is 10.4. The van der Waals surface area contributed by atoms with Crippen LogP contribution < -0.4 is 5.32 Å². The summed E-state index contributed by atoms with van der Waals surface area (Å²) in [6.07, 6.45) is 1.61. The van der Waals surface area contributed by atoms with Crippen LogP contribution in [0.25, 0.3) is 10.7 Å². The van der Waals surface area contributed by atoms with Crippen molar-refractivity contribution in [3.8, 4) is 10.7 Å². The number of hydrogen-bond acceptors (Lipinski definition) is 6. The number of nitrogens with one attached hydrogen (secondary N) is 1. The number of rotatable bonds is 6. The third-order valence-electron chi connectivity index (χ3n) is 3.33. The molecule has 0 bridgehead atoms. The van der Waals surface area contributed by atoms with Gasteiger partial charge < -0.3 is 10.1 Å². The van der Waals surface area contributed by atoms with Gasteiger partial charge >= 0.3 is 5.97 Å². The molecule has 1 amide bonds.